The van der Waals surface area contributed by atoms with E-state index in [-0.39, 0.29) is 5.69 Å². The minimum absolute atomic E-state index is 0.202. The number of carbonyl (C=O) groups is 1. The number of esters is 1. The zero-order chi connectivity index (χ0) is 17.0. The molecule has 0 aliphatic carbocycles. The number of thioether (sulfide) groups is 1. The van der Waals surface area contributed by atoms with Crippen molar-refractivity contribution in [2.75, 3.05) is 7.11 Å². The Hall–Kier alpha value is -2.02. The Bertz CT molecular complexity index is 717. The molecule has 0 radical (unpaired) electrons. The Labute approximate surface area is 135 Å². The Morgan fingerprint density at radius 3 is 2.61 bits per heavy atom. The van der Waals surface area contributed by atoms with Gasteiger partial charge in [0.15, 0.2) is 0 Å². The van der Waals surface area contributed by atoms with Crippen LogP contribution >= 0.6 is 11.8 Å². The van der Waals surface area contributed by atoms with Crippen molar-refractivity contribution in [1.29, 1.82) is 0 Å². The maximum atomic E-state index is 12.7. The number of hydrogen-bond donors (Lipinski definition) is 0. The molecule has 0 unspecified atom stereocenters. The summed E-state index contributed by atoms with van der Waals surface area (Å²) < 4.78 is 42.7. The van der Waals surface area contributed by atoms with Crippen molar-refractivity contribution in [2.24, 2.45) is 0 Å². The van der Waals surface area contributed by atoms with Crippen LogP contribution in [0, 0.1) is 6.92 Å². The standard InChI is InChI=1S/C16H14F3NO2S/c1-10-14(7-6-13(20-10)15(21)22-2)23-9-11-4-3-5-12(8-11)16(17,18)19/h3-8H,9H2,1-2H3. The third-order valence-corrected chi connectivity index (χ3v) is 4.30. The van der Waals surface area contributed by atoms with Crippen LogP contribution < -0.4 is 0 Å². The molecular weight excluding hydrogens is 327 g/mol. The molecule has 1 aromatic carbocycles. The normalized spacial score (nSPS) is 11.3. The molecule has 0 aliphatic heterocycles. The van der Waals surface area contributed by atoms with E-state index in [0.717, 1.165) is 17.0 Å². The van der Waals surface area contributed by atoms with Gasteiger partial charge < -0.3 is 4.74 Å². The molecule has 0 spiro atoms. The molecule has 1 aromatic heterocycles. The Morgan fingerprint density at radius 1 is 1.26 bits per heavy atom. The maximum absolute atomic E-state index is 12.7. The lowest BCUT2D eigenvalue weighted by Gasteiger charge is -2.09. The summed E-state index contributed by atoms with van der Waals surface area (Å²) in [5, 5.41) is 0. The highest BCUT2D eigenvalue weighted by Gasteiger charge is 2.30. The van der Waals surface area contributed by atoms with Gasteiger partial charge in [-0.15, -0.1) is 11.8 Å². The number of hydrogen-bond acceptors (Lipinski definition) is 4. The van der Waals surface area contributed by atoms with Crippen molar-refractivity contribution >= 4 is 17.7 Å². The lowest BCUT2D eigenvalue weighted by atomic mass is 10.1. The number of nitrogens with zero attached hydrogens (tertiary/aromatic N) is 1. The number of methoxy groups -OCH3 is 1. The van der Waals surface area contributed by atoms with Gasteiger partial charge >= 0.3 is 12.1 Å². The average molecular weight is 341 g/mol. The first-order valence-electron chi connectivity index (χ1n) is 6.66. The first-order chi connectivity index (χ1) is 10.8. The molecule has 2 rings (SSSR count). The third-order valence-electron chi connectivity index (χ3n) is 3.08. The molecule has 0 atom stereocenters. The van der Waals surface area contributed by atoms with E-state index in [2.05, 4.69) is 9.72 Å². The van der Waals surface area contributed by atoms with Gasteiger partial charge in [-0.2, -0.15) is 13.2 Å². The van der Waals surface area contributed by atoms with E-state index in [1.54, 1.807) is 19.1 Å². The summed E-state index contributed by atoms with van der Waals surface area (Å²) >= 11 is 1.37. The van der Waals surface area contributed by atoms with Crippen LogP contribution in [0.1, 0.15) is 27.3 Å². The fourth-order valence-corrected chi connectivity index (χ4v) is 2.84. The van der Waals surface area contributed by atoms with E-state index in [1.165, 1.54) is 31.0 Å². The number of halogens is 3. The second-order valence-corrected chi connectivity index (χ2v) is 5.78. The molecule has 0 bridgehead atoms. The average Bonchev–Trinajstić information content (AvgIpc) is 2.52. The first kappa shape index (κ1) is 17.3. The summed E-state index contributed by atoms with van der Waals surface area (Å²) in [6.07, 6.45) is -4.35. The molecule has 7 heteroatoms. The van der Waals surface area contributed by atoms with E-state index in [1.807, 2.05) is 0 Å². The summed E-state index contributed by atoms with van der Waals surface area (Å²) in [5.74, 6) is -0.146. The van der Waals surface area contributed by atoms with Crippen molar-refractivity contribution in [1.82, 2.24) is 4.98 Å². The van der Waals surface area contributed by atoms with Gasteiger partial charge in [-0.3, -0.25) is 0 Å². The van der Waals surface area contributed by atoms with Crippen LogP contribution in [0.15, 0.2) is 41.3 Å². The van der Waals surface area contributed by atoms with Gasteiger partial charge in [-0.25, -0.2) is 9.78 Å². The third kappa shape index (κ3) is 4.48. The van der Waals surface area contributed by atoms with Crippen molar-refractivity contribution in [3.8, 4) is 0 Å². The molecule has 0 saturated heterocycles. The van der Waals surface area contributed by atoms with E-state index in [9.17, 15) is 18.0 Å². The number of alkyl halides is 3. The fourth-order valence-electron chi connectivity index (χ4n) is 1.92. The van der Waals surface area contributed by atoms with E-state index in [0.29, 0.717) is 17.0 Å². The molecule has 0 fully saturated rings. The summed E-state index contributed by atoms with van der Waals surface area (Å²) in [4.78, 5) is 16.3. The molecule has 23 heavy (non-hydrogen) atoms. The smallest absolute Gasteiger partial charge is 0.416 e. The van der Waals surface area contributed by atoms with E-state index >= 15 is 0 Å². The van der Waals surface area contributed by atoms with Gasteiger partial charge in [0.2, 0.25) is 0 Å². The second-order valence-electron chi connectivity index (χ2n) is 4.76. The summed E-state index contributed by atoms with van der Waals surface area (Å²) in [5.41, 5.74) is 0.742. The van der Waals surface area contributed by atoms with E-state index < -0.39 is 17.7 Å². The zero-order valence-corrected chi connectivity index (χ0v) is 13.3. The monoisotopic (exact) mass is 341 g/mol. The highest BCUT2D eigenvalue weighted by Crippen LogP contribution is 2.31. The highest BCUT2D eigenvalue weighted by atomic mass is 32.2. The number of benzene rings is 1. The van der Waals surface area contributed by atoms with Gasteiger partial charge in [-0.1, -0.05) is 18.2 Å². The van der Waals surface area contributed by atoms with Crippen LogP contribution in [0.25, 0.3) is 0 Å². The number of pyridine rings is 1. The number of ether oxygens (including phenoxy) is 1. The second kappa shape index (κ2) is 7.04. The molecule has 0 amide bonds. The first-order valence-corrected chi connectivity index (χ1v) is 7.64. The zero-order valence-electron chi connectivity index (χ0n) is 12.5. The topological polar surface area (TPSA) is 39.2 Å². The van der Waals surface area contributed by atoms with E-state index in [4.69, 9.17) is 0 Å². The molecule has 1 heterocycles. The molecular formula is C16H14F3NO2S. The number of carbonyl (C=O) groups excluding carboxylic acids is 1. The highest BCUT2D eigenvalue weighted by molar-refractivity contribution is 7.98. The van der Waals surface area contributed by atoms with Crippen molar-refractivity contribution in [2.45, 2.75) is 23.7 Å². The molecule has 0 aliphatic rings. The van der Waals surface area contributed by atoms with Crippen LogP contribution in [-0.2, 0) is 16.7 Å². The SMILES string of the molecule is COC(=O)c1ccc(SCc2cccc(C(F)(F)F)c2)c(C)n1. The van der Waals surface area contributed by atoms with Crippen LogP contribution in [0.5, 0.6) is 0 Å². The lowest BCUT2D eigenvalue weighted by Crippen LogP contribution is -2.05. The van der Waals surface area contributed by atoms with Gasteiger partial charge in [0.05, 0.1) is 18.4 Å². The maximum Gasteiger partial charge on any atom is 0.416 e. The summed E-state index contributed by atoms with van der Waals surface area (Å²) in [7, 11) is 1.27. The molecule has 122 valence electrons. The number of aromatic nitrogens is 1. The summed E-state index contributed by atoms with van der Waals surface area (Å²) in [6.45, 7) is 1.74. The fraction of sp³-hybridized carbons (Fsp3) is 0.250. The molecule has 3 nitrogen and oxygen atoms in total. The Balaban J connectivity index is 2.11. The molecule has 0 N–H and O–H groups in total. The minimum Gasteiger partial charge on any atom is -0.464 e. The Kier molecular flexibility index (Phi) is 5.30. The number of aryl methyl sites for hydroxylation is 1. The molecule has 2 aromatic rings. The van der Waals surface area contributed by atoms with Crippen LogP contribution in [0.3, 0.4) is 0 Å². The lowest BCUT2D eigenvalue weighted by molar-refractivity contribution is -0.137. The predicted octanol–water partition coefficient (Wildman–Crippen LogP) is 4.49. The van der Waals surface area contributed by atoms with Crippen molar-refractivity contribution in [3.05, 3.63) is 58.9 Å². The summed E-state index contributed by atoms with van der Waals surface area (Å²) in [6, 6.07) is 8.48. The quantitative estimate of drug-likeness (QED) is 0.607. The van der Waals surface area contributed by atoms with Crippen LogP contribution in [0.2, 0.25) is 0 Å². The predicted molar refractivity (Wildman–Crippen MR) is 81.3 cm³/mol. The largest absolute Gasteiger partial charge is 0.464 e. The van der Waals surface area contributed by atoms with Crippen LogP contribution in [0.4, 0.5) is 13.2 Å². The minimum atomic E-state index is -4.35. The van der Waals surface area contributed by atoms with Gasteiger partial charge in [0, 0.05) is 10.6 Å². The number of rotatable bonds is 4. The van der Waals surface area contributed by atoms with Gasteiger partial charge in [0.1, 0.15) is 5.69 Å². The Morgan fingerprint density at radius 2 is 2.00 bits per heavy atom. The van der Waals surface area contributed by atoms with Crippen LogP contribution in [-0.4, -0.2) is 18.1 Å². The van der Waals surface area contributed by atoms with Crippen molar-refractivity contribution in [3.63, 3.8) is 0 Å². The van der Waals surface area contributed by atoms with Gasteiger partial charge in [-0.05, 0) is 30.7 Å². The van der Waals surface area contributed by atoms with Crippen molar-refractivity contribution < 1.29 is 22.7 Å². The van der Waals surface area contributed by atoms with Gasteiger partial charge in [0.25, 0.3) is 0 Å². The molecule has 0 saturated carbocycles.